The summed E-state index contributed by atoms with van der Waals surface area (Å²) in [7, 11) is 0. The molecule has 0 fully saturated rings. The zero-order valence-electron chi connectivity index (χ0n) is 14.2. The number of halogens is 3. The van der Waals surface area contributed by atoms with Crippen LogP contribution in [0.5, 0.6) is 0 Å². The van der Waals surface area contributed by atoms with Crippen LogP contribution in [0.2, 0.25) is 0 Å². The topological polar surface area (TPSA) is 122 Å². The van der Waals surface area contributed by atoms with E-state index in [2.05, 4.69) is 5.32 Å². The third-order valence-electron chi connectivity index (χ3n) is 3.09. The molecule has 0 radical (unpaired) electrons. The molecule has 2 unspecified atom stereocenters. The van der Waals surface area contributed by atoms with Gasteiger partial charge in [0.25, 0.3) is 5.69 Å². The number of ether oxygens (including phenoxy) is 1. The van der Waals surface area contributed by atoms with E-state index >= 15 is 0 Å². The molecule has 1 rings (SSSR count). The van der Waals surface area contributed by atoms with Crippen molar-refractivity contribution in [3.8, 4) is 0 Å². The number of amides is 1. The summed E-state index contributed by atoms with van der Waals surface area (Å²) in [5.41, 5.74) is -3.58. The number of alkyl carbamates (subject to hydrolysis) is 1. The Morgan fingerprint density at radius 3 is 2.35 bits per heavy atom. The largest absolute Gasteiger partial charge is 0.444 e. The van der Waals surface area contributed by atoms with Crippen molar-refractivity contribution in [3.05, 3.63) is 39.4 Å². The molecule has 0 saturated carbocycles. The van der Waals surface area contributed by atoms with E-state index in [0.29, 0.717) is 12.1 Å². The van der Waals surface area contributed by atoms with Crippen molar-refractivity contribution < 1.29 is 37.8 Å². The third-order valence-corrected chi connectivity index (χ3v) is 3.09. The van der Waals surface area contributed by atoms with Gasteiger partial charge in [0.1, 0.15) is 17.8 Å². The molecule has 0 aliphatic rings. The summed E-state index contributed by atoms with van der Waals surface area (Å²) < 4.78 is 42.9. The van der Waals surface area contributed by atoms with E-state index in [9.17, 15) is 38.3 Å². The van der Waals surface area contributed by atoms with Crippen LogP contribution in [-0.2, 0) is 10.9 Å². The number of nitrogens with zero attached hydrogens (tertiary/aromatic N) is 1. The average Bonchev–Trinajstić information content (AvgIpc) is 2.48. The van der Waals surface area contributed by atoms with Gasteiger partial charge in [-0.1, -0.05) is 0 Å². The number of benzene rings is 1. The van der Waals surface area contributed by atoms with E-state index in [0.717, 1.165) is 0 Å². The van der Waals surface area contributed by atoms with Crippen molar-refractivity contribution in [3.63, 3.8) is 0 Å². The number of rotatable bonds is 5. The summed E-state index contributed by atoms with van der Waals surface area (Å²) in [6.07, 6.45) is -9.30. The number of nitro benzene ring substituents is 1. The Hall–Kier alpha value is -2.40. The maximum Gasteiger partial charge on any atom is 0.416 e. The smallest absolute Gasteiger partial charge is 0.416 e. The van der Waals surface area contributed by atoms with Crippen LogP contribution < -0.4 is 5.32 Å². The van der Waals surface area contributed by atoms with Crippen molar-refractivity contribution in [2.75, 3.05) is 6.54 Å². The van der Waals surface area contributed by atoms with Crippen LogP contribution in [0.15, 0.2) is 18.2 Å². The van der Waals surface area contributed by atoms with Gasteiger partial charge in [0.2, 0.25) is 0 Å². The van der Waals surface area contributed by atoms with Gasteiger partial charge in [0.15, 0.2) is 0 Å². The SMILES string of the molecule is CC(C)(C)OC(=O)NCC(O)C(O)c1ccc(C(F)(F)F)cc1[N+](=O)[O-]. The number of nitrogens with one attached hydrogen (secondary N) is 1. The minimum atomic E-state index is -4.80. The normalized spacial score (nSPS) is 14.5. The second-order valence-corrected chi connectivity index (χ2v) is 6.42. The first-order chi connectivity index (χ1) is 11.7. The monoisotopic (exact) mass is 380 g/mol. The number of aliphatic hydroxyl groups is 2. The summed E-state index contributed by atoms with van der Waals surface area (Å²) in [6, 6.07) is 1.54. The number of aliphatic hydroxyl groups excluding tert-OH is 2. The summed E-state index contributed by atoms with van der Waals surface area (Å²) in [5, 5.41) is 33.1. The number of hydrogen-bond donors (Lipinski definition) is 3. The minimum Gasteiger partial charge on any atom is -0.444 e. The molecule has 0 aromatic heterocycles. The first-order valence-electron chi connectivity index (χ1n) is 7.41. The van der Waals surface area contributed by atoms with E-state index in [1.54, 1.807) is 20.8 Å². The van der Waals surface area contributed by atoms with E-state index in [4.69, 9.17) is 4.74 Å². The first kappa shape index (κ1) is 21.6. The highest BCUT2D eigenvalue weighted by molar-refractivity contribution is 5.67. The Morgan fingerprint density at radius 2 is 1.88 bits per heavy atom. The van der Waals surface area contributed by atoms with Crippen LogP contribution in [-0.4, -0.2) is 39.5 Å². The molecule has 3 N–H and O–H groups in total. The number of hydrogen-bond acceptors (Lipinski definition) is 6. The Kier molecular flexibility index (Phi) is 6.55. The highest BCUT2D eigenvalue weighted by Gasteiger charge is 2.35. The number of alkyl halides is 3. The summed E-state index contributed by atoms with van der Waals surface area (Å²) in [6.45, 7) is 4.27. The molecule has 0 saturated heterocycles. The number of carbonyl (C=O) groups excluding carboxylic acids is 1. The van der Waals surface area contributed by atoms with E-state index in [1.165, 1.54) is 0 Å². The third kappa shape index (κ3) is 6.15. The van der Waals surface area contributed by atoms with Gasteiger partial charge in [0.05, 0.1) is 16.1 Å². The highest BCUT2D eigenvalue weighted by atomic mass is 19.4. The summed E-state index contributed by atoms with van der Waals surface area (Å²) in [5.74, 6) is 0. The second kappa shape index (κ2) is 7.87. The van der Waals surface area contributed by atoms with Crippen LogP contribution >= 0.6 is 0 Å². The van der Waals surface area contributed by atoms with Gasteiger partial charge in [-0.3, -0.25) is 10.1 Å². The fourth-order valence-electron chi connectivity index (χ4n) is 1.95. The first-order valence-corrected chi connectivity index (χ1v) is 7.41. The lowest BCUT2D eigenvalue weighted by molar-refractivity contribution is -0.386. The molecule has 26 heavy (non-hydrogen) atoms. The molecular weight excluding hydrogens is 361 g/mol. The van der Waals surface area contributed by atoms with Crippen LogP contribution in [0.1, 0.15) is 38.0 Å². The molecule has 146 valence electrons. The molecule has 0 aliphatic carbocycles. The minimum absolute atomic E-state index is 0.270. The molecule has 1 aromatic carbocycles. The van der Waals surface area contributed by atoms with Gasteiger partial charge in [-0.15, -0.1) is 0 Å². The zero-order valence-corrected chi connectivity index (χ0v) is 14.2. The van der Waals surface area contributed by atoms with E-state index in [-0.39, 0.29) is 6.07 Å². The molecular formula is C15H19F3N2O6. The Balaban J connectivity index is 2.93. The van der Waals surface area contributed by atoms with Crippen LogP contribution in [0.3, 0.4) is 0 Å². The molecule has 0 spiro atoms. The van der Waals surface area contributed by atoms with Crippen molar-refractivity contribution in [1.29, 1.82) is 0 Å². The van der Waals surface area contributed by atoms with Gasteiger partial charge in [0, 0.05) is 12.6 Å². The lowest BCUT2D eigenvalue weighted by Crippen LogP contribution is -2.39. The molecule has 0 heterocycles. The summed E-state index contributed by atoms with van der Waals surface area (Å²) >= 11 is 0. The van der Waals surface area contributed by atoms with Gasteiger partial charge in [-0.2, -0.15) is 13.2 Å². The van der Waals surface area contributed by atoms with Crippen molar-refractivity contribution in [2.24, 2.45) is 0 Å². The molecule has 0 bridgehead atoms. The Labute approximate surface area is 146 Å². The fourth-order valence-corrected chi connectivity index (χ4v) is 1.95. The molecule has 2 atom stereocenters. The lowest BCUT2D eigenvalue weighted by Gasteiger charge is -2.22. The Morgan fingerprint density at radius 1 is 1.31 bits per heavy atom. The second-order valence-electron chi connectivity index (χ2n) is 6.42. The lowest BCUT2D eigenvalue weighted by atomic mass is 10.00. The highest BCUT2D eigenvalue weighted by Crippen LogP contribution is 2.35. The predicted octanol–water partition coefficient (Wildman–Crippen LogP) is 2.53. The summed E-state index contributed by atoms with van der Waals surface area (Å²) in [4.78, 5) is 21.4. The number of carbonyl (C=O) groups is 1. The maximum atomic E-state index is 12.7. The van der Waals surface area contributed by atoms with Crippen LogP contribution in [0.4, 0.5) is 23.7 Å². The Bertz CT molecular complexity index is 672. The van der Waals surface area contributed by atoms with Gasteiger partial charge >= 0.3 is 12.3 Å². The molecule has 0 aliphatic heterocycles. The molecule has 1 aromatic rings. The standard InChI is InChI=1S/C15H19F3N2O6/c1-14(2,3)26-13(23)19-7-11(21)12(22)9-5-4-8(15(16,17)18)6-10(9)20(24)25/h4-6,11-12,21-22H,7H2,1-3H3,(H,19,23). The quantitative estimate of drug-likeness (QED) is 0.533. The molecule has 11 heteroatoms. The van der Waals surface area contributed by atoms with Crippen LogP contribution in [0.25, 0.3) is 0 Å². The molecule has 8 nitrogen and oxygen atoms in total. The van der Waals surface area contributed by atoms with Gasteiger partial charge < -0.3 is 20.3 Å². The van der Waals surface area contributed by atoms with Crippen molar-refractivity contribution >= 4 is 11.8 Å². The fraction of sp³-hybridized carbons (Fsp3) is 0.533. The van der Waals surface area contributed by atoms with Gasteiger partial charge in [-0.05, 0) is 32.9 Å². The van der Waals surface area contributed by atoms with E-state index in [1.807, 2.05) is 0 Å². The molecule has 1 amide bonds. The van der Waals surface area contributed by atoms with Crippen LogP contribution in [0, 0.1) is 10.1 Å². The van der Waals surface area contributed by atoms with Crippen molar-refractivity contribution in [2.45, 2.75) is 44.8 Å². The maximum absolute atomic E-state index is 12.7. The predicted molar refractivity (Wildman–Crippen MR) is 83.3 cm³/mol. The van der Waals surface area contributed by atoms with E-state index < -0.39 is 58.4 Å². The van der Waals surface area contributed by atoms with Gasteiger partial charge in [-0.25, -0.2) is 4.79 Å². The number of nitro groups is 1. The van der Waals surface area contributed by atoms with Crippen molar-refractivity contribution in [1.82, 2.24) is 5.32 Å². The average molecular weight is 380 g/mol. The zero-order chi connectivity index (χ0) is 20.3.